The van der Waals surface area contributed by atoms with Crippen molar-refractivity contribution in [3.63, 3.8) is 0 Å². The van der Waals surface area contributed by atoms with Gasteiger partial charge in [-0.1, -0.05) is 332 Å². The van der Waals surface area contributed by atoms with Crippen molar-refractivity contribution >= 4 is 17.9 Å². The summed E-state index contributed by atoms with van der Waals surface area (Å²) in [6.07, 6.45) is 88.1. The first kappa shape index (κ1) is 77.1. The minimum Gasteiger partial charge on any atom is -0.462 e. The number of hydrogen-bond donors (Lipinski definition) is 0. The van der Waals surface area contributed by atoms with Crippen LogP contribution in [0.3, 0.4) is 0 Å². The Morgan fingerprint density at radius 1 is 0.263 bits per heavy atom. The van der Waals surface area contributed by atoms with Gasteiger partial charge in [0.2, 0.25) is 0 Å². The smallest absolute Gasteiger partial charge is 0.306 e. The molecule has 0 radical (unpaired) electrons. The fourth-order valence-corrected chi connectivity index (χ4v) is 10.5. The number of carbonyl (C=O) groups excluding carboxylic acids is 3. The molecule has 0 spiro atoms. The van der Waals surface area contributed by atoms with Crippen molar-refractivity contribution in [2.45, 2.75) is 380 Å². The van der Waals surface area contributed by atoms with Crippen LogP contribution in [0.15, 0.2) is 60.8 Å². The van der Waals surface area contributed by atoms with E-state index in [-0.39, 0.29) is 31.1 Å². The van der Waals surface area contributed by atoms with Crippen molar-refractivity contribution in [1.29, 1.82) is 0 Å². The molecule has 0 aromatic carbocycles. The molecule has 0 aliphatic rings. The molecule has 6 heteroatoms. The summed E-state index contributed by atoms with van der Waals surface area (Å²) in [6.45, 7) is 6.58. The Balaban J connectivity index is 4.32. The topological polar surface area (TPSA) is 78.9 Å². The van der Waals surface area contributed by atoms with Crippen LogP contribution < -0.4 is 0 Å². The average Bonchev–Trinajstić information content (AvgIpc) is 3.46. The van der Waals surface area contributed by atoms with E-state index in [1.54, 1.807) is 0 Å². The van der Waals surface area contributed by atoms with Crippen LogP contribution >= 0.6 is 0 Å². The lowest BCUT2D eigenvalue weighted by molar-refractivity contribution is -0.167. The highest BCUT2D eigenvalue weighted by molar-refractivity contribution is 5.71. The van der Waals surface area contributed by atoms with Crippen LogP contribution in [0.2, 0.25) is 0 Å². The van der Waals surface area contributed by atoms with Crippen LogP contribution in [0.4, 0.5) is 0 Å². The first-order chi connectivity index (χ1) is 39.5. The van der Waals surface area contributed by atoms with E-state index in [1.165, 1.54) is 244 Å². The van der Waals surface area contributed by atoms with Gasteiger partial charge in [0.1, 0.15) is 13.2 Å². The van der Waals surface area contributed by atoms with Gasteiger partial charge in [-0.2, -0.15) is 0 Å². The fraction of sp³-hybridized carbons (Fsp3) is 0.824. The molecule has 0 saturated carbocycles. The number of hydrogen-bond acceptors (Lipinski definition) is 6. The van der Waals surface area contributed by atoms with Crippen LogP contribution in [0.1, 0.15) is 374 Å². The number of unbranched alkanes of at least 4 members (excludes halogenated alkanes) is 44. The molecule has 0 N–H and O–H groups in total. The fourth-order valence-electron chi connectivity index (χ4n) is 10.5. The summed E-state index contributed by atoms with van der Waals surface area (Å²) in [5, 5.41) is 0. The Bertz CT molecular complexity index is 1430. The molecule has 1 unspecified atom stereocenters. The molecular formula is C74H134O6. The van der Waals surface area contributed by atoms with E-state index in [4.69, 9.17) is 14.2 Å². The van der Waals surface area contributed by atoms with Crippen LogP contribution in [-0.2, 0) is 28.6 Å². The summed E-state index contributed by atoms with van der Waals surface area (Å²) >= 11 is 0. The minimum absolute atomic E-state index is 0.0752. The average molecular weight is 1120 g/mol. The van der Waals surface area contributed by atoms with Crippen molar-refractivity contribution in [2.24, 2.45) is 0 Å². The zero-order valence-electron chi connectivity index (χ0n) is 53.6. The first-order valence-electron chi connectivity index (χ1n) is 35.3. The third-order valence-corrected chi connectivity index (χ3v) is 15.8. The summed E-state index contributed by atoms with van der Waals surface area (Å²) in [4.78, 5) is 38.5. The summed E-state index contributed by atoms with van der Waals surface area (Å²) in [5.41, 5.74) is 0. The molecule has 1 atom stereocenters. The molecule has 0 fully saturated rings. The Hall–Kier alpha value is -2.89. The lowest BCUT2D eigenvalue weighted by atomic mass is 10.0. The van der Waals surface area contributed by atoms with E-state index >= 15 is 0 Å². The molecule has 80 heavy (non-hydrogen) atoms. The predicted molar refractivity (Wildman–Crippen MR) is 348 cm³/mol. The molecule has 0 aliphatic carbocycles. The number of esters is 3. The van der Waals surface area contributed by atoms with Crippen LogP contribution in [-0.4, -0.2) is 37.2 Å². The highest BCUT2D eigenvalue weighted by Gasteiger charge is 2.19. The molecule has 0 rings (SSSR count). The number of rotatable bonds is 65. The second-order valence-corrected chi connectivity index (χ2v) is 23.8. The van der Waals surface area contributed by atoms with Gasteiger partial charge in [0.15, 0.2) is 6.10 Å². The molecule has 466 valence electrons. The molecule has 0 bridgehead atoms. The molecule has 6 nitrogen and oxygen atoms in total. The van der Waals surface area contributed by atoms with Crippen LogP contribution in [0, 0.1) is 0 Å². The van der Waals surface area contributed by atoms with Gasteiger partial charge in [-0.3, -0.25) is 14.4 Å². The normalized spacial score (nSPS) is 12.4. The Morgan fingerprint density at radius 2 is 0.487 bits per heavy atom. The predicted octanol–water partition coefficient (Wildman–Crippen LogP) is 24.3. The maximum absolute atomic E-state index is 13.0. The van der Waals surface area contributed by atoms with E-state index < -0.39 is 6.10 Å². The van der Waals surface area contributed by atoms with E-state index in [9.17, 15) is 14.4 Å². The largest absolute Gasteiger partial charge is 0.462 e. The van der Waals surface area contributed by atoms with E-state index in [0.29, 0.717) is 19.3 Å². The van der Waals surface area contributed by atoms with Crippen molar-refractivity contribution in [3.8, 4) is 0 Å². The van der Waals surface area contributed by atoms with Gasteiger partial charge in [-0.25, -0.2) is 0 Å². The summed E-state index contributed by atoms with van der Waals surface area (Å²) < 4.78 is 17.0. The molecule has 0 aromatic heterocycles. The van der Waals surface area contributed by atoms with Gasteiger partial charge in [-0.15, -0.1) is 0 Å². The quantitative estimate of drug-likeness (QED) is 0.0261. The molecule has 0 amide bonds. The van der Waals surface area contributed by atoms with Gasteiger partial charge in [0.05, 0.1) is 0 Å². The molecule has 0 aliphatic heterocycles. The van der Waals surface area contributed by atoms with Gasteiger partial charge in [0, 0.05) is 19.3 Å². The van der Waals surface area contributed by atoms with Crippen molar-refractivity contribution in [1.82, 2.24) is 0 Å². The SMILES string of the molecule is CC/C=C\C/C=C\C/C=C\C/C=C\CCCCCCCCCCCCC(=O)OCC(COC(=O)CCCCCCC/C=C\CCCCCCCCC)OC(=O)CCCCCCCCCCCCCCCCCCCCCCCCC. The zero-order valence-corrected chi connectivity index (χ0v) is 53.6. The molecule has 0 saturated heterocycles. The van der Waals surface area contributed by atoms with E-state index in [2.05, 4.69) is 81.5 Å². The first-order valence-corrected chi connectivity index (χ1v) is 35.3. The van der Waals surface area contributed by atoms with E-state index in [1.807, 2.05) is 0 Å². The Morgan fingerprint density at radius 3 is 0.775 bits per heavy atom. The second-order valence-electron chi connectivity index (χ2n) is 23.8. The van der Waals surface area contributed by atoms with Crippen LogP contribution in [0.25, 0.3) is 0 Å². The number of carbonyl (C=O) groups is 3. The highest BCUT2D eigenvalue weighted by atomic mass is 16.6. The molecular weight excluding hydrogens is 985 g/mol. The van der Waals surface area contributed by atoms with Crippen molar-refractivity contribution < 1.29 is 28.6 Å². The lowest BCUT2D eigenvalue weighted by Gasteiger charge is -2.18. The summed E-state index contributed by atoms with van der Waals surface area (Å²) in [6, 6.07) is 0. The zero-order chi connectivity index (χ0) is 57.8. The highest BCUT2D eigenvalue weighted by Crippen LogP contribution is 2.18. The van der Waals surface area contributed by atoms with Crippen LogP contribution in [0.5, 0.6) is 0 Å². The van der Waals surface area contributed by atoms with Gasteiger partial charge in [0.25, 0.3) is 0 Å². The van der Waals surface area contributed by atoms with E-state index in [0.717, 1.165) is 89.9 Å². The van der Waals surface area contributed by atoms with Crippen molar-refractivity contribution in [2.75, 3.05) is 13.2 Å². The monoisotopic (exact) mass is 1120 g/mol. The Labute approximate surface area is 498 Å². The summed E-state index contributed by atoms with van der Waals surface area (Å²) in [7, 11) is 0. The number of ether oxygens (including phenoxy) is 3. The Kier molecular flexibility index (Phi) is 66.1. The maximum atomic E-state index is 13.0. The van der Waals surface area contributed by atoms with Gasteiger partial charge < -0.3 is 14.2 Å². The minimum atomic E-state index is -0.779. The third-order valence-electron chi connectivity index (χ3n) is 15.8. The number of allylic oxidation sites excluding steroid dienone is 10. The van der Waals surface area contributed by atoms with Gasteiger partial charge >= 0.3 is 17.9 Å². The lowest BCUT2D eigenvalue weighted by Crippen LogP contribution is -2.30. The maximum Gasteiger partial charge on any atom is 0.306 e. The van der Waals surface area contributed by atoms with Gasteiger partial charge in [-0.05, 0) is 83.5 Å². The molecule has 0 heterocycles. The second kappa shape index (κ2) is 68.6. The molecule has 0 aromatic rings. The van der Waals surface area contributed by atoms with Crippen molar-refractivity contribution in [3.05, 3.63) is 60.8 Å². The standard InChI is InChI=1S/C74H134O6/c1-4-7-10-13-16-19-22-25-28-31-33-35-37-39-41-43-46-49-52-55-58-61-64-67-73(76)79-70-71(69-78-72(75)66-63-60-57-54-51-48-45-30-27-24-21-18-15-12-9-6-3)80-74(77)68-65-62-59-56-53-50-47-44-42-40-38-36-34-32-29-26-23-20-17-14-11-8-5-2/h7,10,16,19,25,28,30,33,35,45,71H,4-6,8-9,11-15,17-18,20-24,26-27,29,31-32,34,36-44,46-70H2,1-3H3/b10-7-,19-16-,28-25-,35-33-,45-30-. The summed E-state index contributed by atoms with van der Waals surface area (Å²) in [5.74, 6) is -0.862. The third kappa shape index (κ3) is 65.9.